The van der Waals surface area contributed by atoms with E-state index < -0.39 is 11.9 Å². The van der Waals surface area contributed by atoms with Crippen LogP contribution in [0.4, 0.5) is 0 Å². The maximum Gasteiger partial charge on any atom is 0.307 e. The fourth-order valence-electron chi connectivity index (χ4n) is 2.91. The summed E-state index contributed by atoms with van der Waals surface area (Å²) in [6.07, 6.45) is 6.69. The topological polar surface area (TPSA) is 75.4 Å². The van der Waals surface area contributed by atoms with Gasteiger partial charge in [0.15, 0.2) is 0 Å². The molecule has 0 aliphatic heterocycles. The summed E-state index contributed by atoms with van der Waals surface area (Å²) in [5, 5.41) is 13.3. The highest BCUT2D eigenvalue weighted by Crippen LogP contribution is 2.31. The summed E-state index contributed by atoms with van der Waals surface area (Å²) in [5.41, 5.74) is 0.950. The van der Waals surface area contributed by atoms with E-state index in [1.165, 1.54) is 0 Å². The second-order valence-electron chi connectivity index (χ2n) is 5.55. The molecule has 1 fully saturated rings. The quantitative estimate of drug-likeness (QED) is 0.900. The molecule has 1 aliphatic carbocycles. The fourth-order valence-corrected chi connectivity index (χ4v) is 2.91. The number of carbonyl (C=O) groups excluding carboxylic acids is 1. The Kier molecular flexibility index (Phi) is 4.42. The number of amides is 1. The van der Waals surface area contributed by atoms with Crippen molar-refractivity contribution in [3.63, 3.8) is 0 Å². The van der Waals surface area contributed by atoms with Gasteiger partial charge in [-0.2, -0.15) is 5.10 Å². The molecule has 2 unspecified atom stereocenters. The van der Waals surface area contributed by atoms with E-state index in [4.69, 9.17) is 0 Å². The van der Waals surface area contributed by atoms with E-state index in [9.17, 15) is 14.7 Å². The van der Waals surface area contributed by atoms with E-state index in [1.54, 1.807) is 22.8 Å². The molecule has 0 bridgehead atoms. The van der Waals surface area contributed by atoms with Crippen LogP contribution >= 0.6 is 0 Å². The number of hydrogen-bond donors (Lipinski definition) is 1. The molecule has 6 heteroatoms. The third-order valence-corrected chi connectivity index (χ3v) is 3.95. The van der Waals surface area contributed by atoms with E-state index in [1.807, 2.05) is 13.2 Å². The van der Waals surface area contributed by atoms with Gasteiger partial charge in [0.25, 0.3) is 0 Å². The molecule has 2 atom stereocenters. The van der Waals surface area contributed by atoms with Gasteiger partial charge in [0, 0.05) is 32.4 Å². The molecule has 20 heavy (non-hydrogen) atoms. The highest BCUT2D eigenvalue weighted by Gasteiger charge is 2.37. The number of carboxylic acid groups (broad SMARTS) is 1. The van der Waals surface area contributed by atoms with Crippen molar-refractivity contribution in [1.82, 2.24) is 14.7 Å². The van der Waals surface area contributed by atoms with Crippen molar-refractivity contribution in [3.05, 3.63) is 18.0 Å². The van der Waals surface area contributed by atoms with Crippen molar-refractivity contribution >= 4 is 11.9 Å². The van der Waals surface area contributed by atoms with Crippen molar-refractivity contribution in [2.24, 2.45) is 18.9 Å². The molecule has 1 aromatic heterocycles. The van der Waals surface area contributed by atoms with Gasteiger partial charge in [0.1, 0.15) is 0 Å². The Morgan fingerprint density at radius 1 is 1.40 bits per heavy atom. The van der Waals surface area contributed by atoms with Crippen molar-refractivity contribution in [1.29, 1.82) is 0 Å². The Morgan fingerprint density at radius 3 is 2.60 bits per heavy atom. The third-order valence-electron chi connectivity index (χ3n) is 3.95. The molecule has 1 amide bonds. The summed E-state index contributed by atoms with van der Waals surface area (Å²) in [4.78, 5) is 25.3. The first-order valence-electron chi connectivity index (χ1n) is 6.94. The normalized spacial score (nSPS) is 22.5. The van der Waals surface area contributed by atoms with Gasteiger partial charge in [-0.1, -0.05) is 12.8 Å². The summed E-state index contributed by atoms with van der Waals surface area (Å²) in [6, 6.07) is 0. The van der Waals surface area contributed by atoms with Crippen LogP contribution < -0.4 is 0 Å². The molecule has 1 aliphatic rings. The number of nitrogens with zero attached hydrogens (tertiary/aromatic N) is 3. The van der Waals surface area contributed by atoms with Crippen molar-refractivity contribution in [2.45, 2.75) is 32.2 Å². The van der Waals surface area contributed by atoms with Crippen LogP contribution in [-0.4, -0.2) is 38.7 Å². The number of rotatable bonds is 4. The van der Waals surface area contributed by atoms with E-state index >= 15 is 0 Å². The monoisotopic (exact) mass is 279 g/mol. The van der Waals surface area contributed by atoms with Gasteiger partial charge < -0.3 is 10.0 Å². The molecule has 0 aromatic carbocycles. The standard InChI is InChI=1S/C14H21N3O3/c1-16(8-10-7-15-17(2)9-10)13(18)11-5-3-4-6-12(11)14(19)20/h7,9,11-12H,3-6,8H2,1-2H3,(H,19,20). The second-order valence-corrected chi connectivity index (χ2v) is 5.55. The molecule has 110 valence electrons. The van der Waals surface area contributed by atoms with Gasteiger partial charge in [-0.15, -0.1) is 0 Å². The number of aromatic nitrogens is 2. The first-order valence-corrected chi connectivity index (χ1v) is 6.94. The zero-order chi connectivity index (χ0) is 14.7. The van der Waals surface area contributed by atoms with Crippen LogP contribution in [0, 0.1) is 11.8 Å². The van der Waals surface area contributed by atoms with Crippen LogP contribution in [0.2, 0.25) is 0 Å². The van der Waals surface area contributed by atoms with E-state index in [2.05, 4.69) is 5.10 Å². The smallest absolute Gasteiger partial charge is 0.307 e. The zero-order valence-corrected chi connectivity index (χ0v) is 12.0. The molecule has 0 radical (unpaired) electrons. The molecular weight excluding hydrogens is 258 g/mol. The van der Waals surface area contributed by atoms with Gasteiger partial charge >= 0.3 is 5.97 Å². The minimum absolute atomic E-state index is 0.0686. The van der Waals surface area contributed by atoms with Crippen molar-refractivity contribution < 1.29 is 14.7 Å². The average Bonchev–Trinajstić information content (AvgIpc) is 2.83. The average molecular weight is 279 g/mol. The summed E-state index contributed by atoms with van der Waals surface area (Å²) >= 11 is 0. The summed E-state index contributed by atoms with van der Waals surface area (Å²) in [6.45, 7) is 0.468. The van der Waals surface area contributed by atoms with E-state index in [0.29, 0.717) is 19.4 Å². The highest BCUT2D eigenvalue weighted by atomic mass is 16.4. The summed E-state index contributed by atoms with van der Waals surface area (Å²) < 4.78 is 1.69. The second kappa shape index (κ2) is 6.07. The first kappa shape index (κ1) is 14.6. The van der Waals surface area contributed by atoms with Crippen LogP contribution in [0.15, 0.2) is 12.4 Å². The number of aryl methyl sites for hydroxylation is 1. The Bertz CT molecular complexity index is 498. The zero-order valence-electron chi connectivity index (χ0n) is 12.0. The Hall–Kier alpha value is -1.85. The molecule has 0 spiro atoms. The molecule has 1 saturated carbocycles. The Morgan fingerprint density at radius 2 is 2.05 bits per heavy atom. The lowest BCUT2D eigenvalue weighted by atomic mass is 9.78. The SMILES string of the molecule is CN(Cc1cnn(C)c1)C(=O)C1CCCCC1C(=O)O. The molecule has 1 heterocycles. The van der Waals surface area contributed by atoms with Crippen LogP contribution in [0.25, 0.3) is 0 Å². The van der Waals surface area contributed by atoms with E-state index in [-0.39, 0.29) is 11.8 Å². The third kappa shape index (κ3) is 3.18. The molecule has 6 nitrogen and oxygen atoms in total. The van der Waals surface area contributed by atoms with Crippen LogP contribution in [-0.2, 0) is 23.2 Å². The maximum absolute atomic E-state index is 12.5. The largest absolute Gasteiger partial charge is 0.481 e. The van der Waals surface area contributed by atoms with Crippen LogP contribution in [0.1, 0.15) is 31.2 Å². The number of aliphatic carboxylic acids is 1. The Balaban J connectivity index is 2.02. The van der Waals surface area contributed by atoms with Gasteiger partial charge in [0.2, 0.25) is 5.91 Å². The molecular formula is C14H21N3O3. The number of carbonyl (C=O) groups is 2. The van der Waals surface area contributed by atoms with Crippen LogP contribution in [0.5, 0.6) is 0 Å². The van der Waals surface area contributed by atoms with Gasteiger partial charge in [-0.3, -0.25) is 14.3 Å². The lowest BCUT2D eigenvalue weighted by Crippen LogP contribution is -2.40. The van der Waals surface area contributed by atoms with Gasteiger partial charge in [0.05, 0.1) is 18.0 Å². The van der Waals surface area contributed by atoms with Gasteiger partial charge in [-0.25, -0.2) is 0 Å². The van der Waals surface area contributed by atoms with Crippen molar-refractivity contribution in [3.8, 4) is 0 Å². The highest BCUT2D eigenvalue weighted by molar-refractivity contribution is 5.84. The molecule has 0 saturated heterocycles. The predicted molar refractivity (Wildman–Crippen MR) is 72.8 cm³/mol. The minimum Gasteiger partial charge on any atom is -0.481 e. The first-order chi connectivity index (χ1) is 9.49. The lowest BCUT2D eigenvalue weighted by molar-refractivity contribution is -0.152. The molecule has 2 rings (SSSR count). The van der Waals surface area contributed by atoms with E-state index in [0.717, 1.165) is 18.4 Å². The predicted octanol–water partition coefficient (Wildman–Crippen LogP) is 1.27. The maximum atomic E-state index is 12.5. The minimum atomic E-state index is -0.849. The molecule has 1 N–H and O–H groups in total. The molecule has 1 aromatic rings. The number of carboxylic acids is 1. The Labute approximate surface area is 118 Å². The number of hydrogen-bond acceptors (Lipinski definition) is 3. The van der Waals surface area contributed by atoms with Crippen molar-refractivity contribution in [2.75, 3.05) is 7.05 Å². The van der Waals surface area contributed by atoms with Crippen LogP contribution in [0.3, 0.4) is 0 Å². The summed E-state index contributed by atoms with van der Waals surface area (Å²) in [5.74, 6) is -1.84. The fraction of sp³-hybridized carbons (Fsp3) is 0.643. The lowest BCUT2D eigenvalue weighted by Gasteiger charge is -2.30. The van der Waals surface area contributed by atoms with Gasteiger partial charge in [-0.05, 0) is 12.8 Å². The summed E-state index contributed by atoms with van der Waals surface area (Å²) in [7, 11) is 3.55.